The molecule has 1 aliphatic rings. The molecule has 1 aromatic carbocycles. The molecule has 6 heteroatoms. The number of hydrogen-bond donors (Lipinski definition) is 1. The summed E-state index contributed by atoms with van der Waals surface area (Å²) in [6.45, 7) is 4.26. The van der Waals surface area contributed by atoms with Crippen LogP contribution in [0.3, 0.4) is 0 Å². The van der Waals surface area contributed by atoms with Gasteiger partial charge in [0, 0.05) is 13.1 Å². The van der Waals surface area contributed by atoms with Crippen molar-refractivity contribution < 1.29 is 17.6 Å². The predicted molar refractivity (Wildman–Crippen MR) is 73.0 cm³/mol. The Morgan fingerprint density at radius 1 is 1.33 bits per heavy atom. The molecule has 0 aliphatic carbocycles. The fraction of sp³-hybridized carbons (Fsp3) is 0.600. The Bertz CT molecular complexity index is 487. The lowest BCUT2D eigenvalue weighted by molar-refractivity contribution is -0.138. The van der Waals surface area contributed by atoms with Crippen molar-refractivity contribution in [2.75, 3.05) is 19.6 Å². The first-order valence-electron chi connectivity index (χ1n) is 7.09. The Kier molecular flexibility index (Phi) is 4.88. The number of nitrogens with zero attached hydrogens (tertiary/aromatic N) is 1. The summed E-state index contributed by atoms with van der Waals surface area (Å²) in [4.78, 5) is 1.97. The van der Waals surface area contributed by atoms with Crippen LogP contribution in [-0.4, -0.2) is 24.5 Å². The minimum absolute atomic E-state index is 0.120. The van der Waals surface area contributed by atoms with E-state index in [2.05, 4.69) is 6.92 Å². The van der Waals surface area contributed by atoms with Crippen molar-refractivity contribution in [3.05, 3.63) is 35.1 Å². The van der Waals surface area contributed by atoms with Gasteiger partial charge in [-0.15, -0.1) is 0 Å². The minimum atomic E-state index is -4.53. The van der Waals surface area contributed by atoms with Crippen molar-refractivity contribution in [2.45, 2.75) is 26.1 Å². The van der Waals surface area contributed by atoms with Gasteiger partial charge in [0.15, 0.2) is 0 Å². The zero-order valence-corrected chi connectivity index (χ0v) is 12.0. The van der Waals surface area contributed by atoms with Crippen LogP contribution in [0, 0.1) is 17.7 Å². The molecule has 1 saturated heterocycles. The zero-order valence-electron chi connectivity index (χ0n) is 12.0. The highest BCUT2D eigenvalue weighted by Crippen LogP contribution is 2.34. The highest BCUT2D eigenvalue weighted by atomic mass is 19.4. The van der Waals surface area contributed by atoms with Gasteiger partial charge in [-0.3, -0.25) is 4.90 Å². The number of hydrogen-bond acceptors (Lipinski definition) is 2. The van der Waals surface area contributed by atoms with Crippen molar-refractivity contribution in [1.29, 1.82) is 0 Å². The molecule has 2 atom stereocenters. The first-order chi connectivity index (χ1) is 9.81. The van der Waals surface area contributed by atoms with Gasteiger partial charge in [0.1, 0.15) is 5.82 Å². The monoisotopic (exact) mass is 304 g/mol. The van der Waals surface area contributed by atoms with E-state index in [-0.39, 0.29) is 12.1 Å². The molecule has 0 radical (unpaired) electrons. The van der Waals surface area contributed by atoms with Gasteiger partial charge in [-0.2, -0.15) is 13.2 Å². The van der Waals surface area contributed by atoms with E-state index in [1.165, 1.54) is 6.07 Å². The third-order valence-electron chi connectivity index (χ3n) is 4.27. The number of benzene rings is 1. The SMILES string of the molecule is CC1CCN(Cc2ccc(F)cc2C(F)(F)F)CC1CN. The second-order valence-electron chi connectivity index (χ2n) is 5.80. The van der Waals surface area contributed by atoms with E-state index in [4.69, 9.17) is 5.73 Å². The molecule has 0 saturated carbocycles. The lowest BCUT2D eigenvalue weighted by atomic mass is 9.87. The van der Waals surface area contributed by atoms with Crippen molar-refractivity contribution in [2.24, 2.45) is 17.6 Å². The van der Waals surface area contributed by atoms with Crippen LogP contribution in [0.5, 0.6) is 0 Å². The molecule has 0 aromatic heterocycles. The summed E-state index contributed by atoms with van der Waals surface area (Å²) >= 11 is 0. The van der Waals surface area contributed by atoms with Crippen LogP contribution in [0.2, 0.25) is 0 Å². The second-order valence-corrected chi connectivity index (χ2v) is 5.80. The number of piperidine rings is 1. The van der Waals surface area contributed by atoms with Gasteiger partial charge in [-0.25, -0.2) is 4.39 Å². The fourth-order valence-corrected chi connectivity index (χ4v) is 2.87. The molecule has 2 nitrogen and oxygen atoms in total. The largest absolute Gasteiger partial charge is 0.416 e. The number of alkyl halides is 3. The highest BCUT2D eigenvalue weighted by molar-refractivity contribution is 5.30. The summed E-state index contributed by atoms with van der Waals surface area (Å²) in [6, 6.07) is 2.88. The molecule has 118 valence electrons. The average molecular weight is 304 g/mol. The molecule has 1 fully saturated rings. The van der Waals surface area contributed by atoms with Crippen LogP contribution in [0.4, 0.5) is 17.6 Å². The fourth-order valence-electron chi connectivity index (χ4n) is 2.87. The molecular formula is C15H20F4N2. The van der Waals surface area contributed by atoms with E-state index in [0.29, 0.717) is 31.0 Å². The molecule has 1 aromatic rings. The minimum Gasteiger partial charge on any atom is -0.330 e. The van der Waals surface area contributed by atoms with Gasteiger partial charge < -0.3 is 5.73 Å². The number of halogens is 4. The molecular weight excluding hydrogens is 284 g/mol. The van der Waals surface area contributed by atoms with Gasteiger partial charge in [0.2, 0.25) is 0 Å². The topological polar surface area (TPSA) is 29.3 Å². The van der Waals surface area contributed by atoms with E-state index in [1.807, 2.05) is 4.90 Å². The lowest BCUT2D eigenvalue weighted by Gasteiger charge is -2.36. The van der Waals surface area contributed by atoms with Crippen LogP contribution in [0.15, 0.2) is 18.2 Å². The molecule has 0 bridgehead atoms. The highest BCUT2D eigenvalue weighted by Gasteiger charge is 2.34. The quantitative estimate of drug-likeness (QED) is 0.869. The van der Waals surface area contributed by atoms with Crippen LogP contribution in [-0.2, 0) is 12.7 Å². The maximum Gasteiger partial charge on any atom is 0.416 e. The average Bonchev–Trinajstić information content (AvgIpc) is 2.41. The molecule has 21 heavy (non-hydrogen) atoms. The summed E-state index contributed by atoms with van der Waals surface area (Å²) in [5.74, 6) is -0.0757. The summed E-state index contributed by atoms with van der Waals surface area (Å²) in [6.07, 6.45) is -3.61. The number of likely N-dealkylation sites (tertiary alicyclic amines) is 1. The van der Waals surface area contributed by atoms with Crippen LogP contribution < -0.4 is 5.73 Å². The van der Waals surface area contributed by atoms with E-state index in [9.17, 15) is 17.6 Å². The molecule has 2 rings (SSSR count). The summed E-state index contributed by atoms with van der Waals surface area (Å²) in [5.41, 5.74) is 4.95. The van der Waals surface area contributed by atoms with Gasteiger partial charge in [-0.1, -0.05) is 13.0 Å². The Morgan fingerprint density at radius 2 is 2.05 bits per heavy atom. The Hall–Kier alpha value is -1.14. The van der Waals surface area contributed by atoms with Crippen LogP contribution >= 0.6 is 0 Å². The molecule has 0 amide bonds. The Balaban J connectivity index is 2.16. The smallest absolute Gasteiger partial charge is 0.330 e. The van der Waals surface area contributed by atoms with Crippen LogP contribution in [0.1, 0.15) is 24.5 Å². The lowest BCUT2D eigenvalue weighted by Crippen LogP contribution is -2.42. The zero-order chi connectivity index (χ0) is 15.6. The second kappa shape index (κ2) is 6.32. The Morgan fingerprint density at radius 3 is 2.67 bits per heavy atom. The third kappa shape index (κ3) is 3.95. The van der Waals surface area contributed by atoms with Gasteiger partial charge in [-0.05, 0) is 49.0 Å². The number of rotatable bonds is 3. The maximum absolute atomic E-state index is 13.1. The van der Waals surface area contributed by atoms with Crippen molar-refractivity contribution in [1.82, 2.24) is 4.90 Å². The third-order valence-corrected chi connectivity index (χ3v) is 4.27. The molecule has 0 spiro atoms. The molecule has 2 unspecified atom stereocenters. The van der Waals surface area contributed by atoms with Gasteiger partial charge >= 0.3 is 6.18 Å². The summed E-state index contributed by atoms with van der Waals surface area (Å²) < 4.78 is 52.0. The summed E-state index contributed by atoms with van der Waals surface area (Å²) in [7, 11) is 0. The summed E-state index contributed by atoms with van der Waals surface area (Å²) in [5, 5.41) is 0. The molecule has 1 heterocycles. The van der Waals surface area contributed by atoms with E-state index in [0.717, 1.165) is 19.0 Å². The van der Waals surface area contributed by atoms with Gasteiger partial charge in [0.05, 0.1) is 5.56 Å². The predicted octanol–water partition coefficient (Wildman–Crippen LogP) is 3.26. The van der Waals surface area contributed by atoms with E-state index < -0.39 is 17.6 Å². The first kappa shape index (κ1) is 16.2. The van der Waals surface area contributed by atoms with Crippen molar-refractivity contribution >= 4 is 0 Å². The molecule has 1 aliphatic heterocycles. The van der Waals surface area contributed by atoms with Crippen LogP contribution in [0.25, 0.3) is 0 Å². The maximum atomic E-state index is 13.1. The van der Waals surface area contributed by atoms with Crippen molar-refractivity contribution in [3.63, 3.8) is 0 Å². The first-order valence-corrected chi connectivity index (χ1v) is 7.09. The van der Waals surface area contributed by atoms with E-state index >= 15 is 0 Å². The number of nitrogens with two attached hydrogens (primary N) is 1. The van der Waals surface area contributed by atoms with Crippen molar-refractivity contribution in [3.8, 4) is 0 Å². The molecule has 2 N–H and O–H groups in total. The van der Waals surface area contributed by atoms with Gasteiger partial charge in [0.25, 0.3) is 0 Å². The standard InChI is InChI=1S/C15H20F4N2/c1-10-4-5-21(9-12(10)7-20)8-11-2-3-13(16)6-14(11)15(17,18)19/h2-3,6,10,12H,4-5,7-9,20H2,1H3. The van der Waals surface area contributed by atoms with E-state index in [1.54, 1.807) is 0 Å². The normalized spacial score (nSPS) is 24.3. The Labute approximate surface area is 121 Å².